The molecule has 2 amide bonds. The van der Waals surface area contributed by atoms with Crippen LogP contribution in [0.2, 0.25) is 0 Å². The third-order valence-electron chi connectivity index (χ3n) is 4.49. The van der Waals surface area contributed by atoms with Gasteiger partial charge in [-0.1, -0.05) is 12.1 Å². The lowest BCUT2D eigenvalue weighted by atomic mass is 10.1. The van der Waals surface area contributed by atoms with Gasteiger partial charge in [-0.15, -0.1) is 0 Å². The molecule has 0 radical (unpaired) electrons. The fourth-order valence-corrected chi connectivity index (χ4v) is 3.80. The van der Waals surface area contributed by atoms with E-state index in [0.29, 0.717) is 17.7 Å². The molecule has 158 valence electrons. The molecule has 2 N–H and O–H groups in total. The second-order valence-electron chi connectivity index (χ2n) is 6.57. The van der Waals surface area contributed by atoms with Crippen LogP contribution in [0, 0.1) is 0 Å². The summed E-state index contributed by atoms with van der Waals surface area (Å²) in [4.78, 5) is 30.0. The molecule has 1 atom stereocenters. The monoisotopic (exact) mass is 490 g/mol. The summed E-state index contributed by atoms with van der Waals surface area (Å²) < 4.78 is 8.09. The topological polar surface area (TPSA) is 84.7 Å². The van der Waals surface area contributed by atoms with Crippen LogP contribution in [0.1, 0.15) is 22.5 Å². The van der Waals surface area contributed by atoms with Gasteiger partial charge in [0.1, 0.15) is 17.4 Å². The molecular weight excluding hydrogens is 468 g/mol. The second-order valence-corrected chi connectivity index (χ2v) is 8.47. The quantitative estimate of drug-likeness (QED) is 0.480. The first-order chi connectivity index (χ1) is 14.5. The number of amides is 2. The number of halogens is 1. The molecule has 2 heterocycles. The Morgan fingerprint density at radius 1 is 1.23 bits per heavy atom. The van der Waals surface area contributed by atoms with Gasteiger partial charge in [0.2, 0.25) is 5.91 Å². The lowest BCUT2D eigenvalue weighted by Gasteiger charge is -2.18. The van der Waals surface area contributed by atoms with E-state index in [9.17, 15) is 9.59 Å². The van der Waals surface area contributed by atoms with Crippen LogP contribution in [0.4, 0.5) is 0 Å². The fourth-order valence-electron chi connectivity index (χ4n) is 2.98. The van der Waals surface area contributed by atoms with E-state index in [-0.39, 0.29) is 18.4 Å². The van der Waals surface area contributed by atoms with E-state index in [2.05, 4.69) is 31.5 Å². The normalized spacial score (nSPS) is 11.8. The molecule has 0 saturated heterocycles. The Kier molecular flexibility index (Phi) is 7.75. The predicted molar refractivity (Wildman–Crippen MR) is 122 cm³/mol. The van der Waals surface area contributed by atoms with Gasteiger partial charge in [0, 0.05) is 16.9 Å². The maximum atomic E-state index is 12.8. The standard InChI is InChI=1S/C21H23BrN4O3S/c1-29-18-6-4-3-5-16(18)20(27)25-17(9-10-30-2)21(28)23-11-15-13-26-12-14(22)7-8-19(26)24-15/h3-8,12-13,17H,9-11H2,1-2H3,(H,23,28)(H,25,27). The summed E-state index contributed by atoms with van der Waals surface area (Å²) in [6.45, 7) is 0.276. The van der Waals surface area contributed by atoms with E-state index in [1.54, 1.807) is 36.0 Å². The molecule has 1 unspecified atom stereocenters. The van der Waals surface area contributed by atoms with E-state index in [1.807, 2.05) is 35.2 Å². The van der Waals surface area contributed by atoms with Crippen LogP contribution in [-0.2, 0) is 11.3 Å². The lowest BCUT2D eigenvalue weighted by molar-refractivity contribution is -0.123. The minimum absolute atomic E-state index is 0.245. The van der Waals surface area contributed by atoms with Crippen LogP contribution in [0.15, 0.2) is 53.3 Å². The molecule has 0 bridgehead atoms. The summed E-state index contributed by atoms with van der Waals surface area (Å²) in [5.41, 5.74) is 1.93. The molecule has 0 saturated carbocycles. The maximum Gasteiger partial charge on any atom is 0.255 e. The first-order valence-electron chi connectivity index (χ1n) is 9.35. The van der Waals surface area contributed by atoms with Crippen LogP contribution in [0.3, 0.4) is 0 Å². The number of carbonyl (C=O) groups is 2. The molecule has 0 aliphatic heterocycles. The molecule has 30 heavy (non-hydrogen) atoms. The van der Waals surface area contributed by atoms with E-state index in [0.717, 1.165) is 21.6 Å². The number of nitrogens with zero attached hydrogens (tertiary/aromatic N) is 2. The summed E-state index contributed by atoms with van der Waals surface area (Å²) in [7, 11) is 1.51. The number of para-hydroxylation sites is 1. The molecule has 0 fully saturated rings. The van der Waals surface area contributed by atoms with Gasteiger partial charge in [0.15, 0.2) is 0 Å². The molecule has 0 spiro atoms. The largest absolute Gasteiger partial charge is 0.496 e. The van der Waals surface area contributed by atoms with Crippen LogP contribution < -0.4 is 15.4 Å². The molecule has 1 aromatic carbocycles. The van der Waals surface area contributed by atoms with Crippen LogP contribution in [-0.4, -0.2) is 46.4 Å². The van der Waals surface area contributed by atoms with Gasteiger partial charge in [-0.2, -0.15) is 11.8 Å². The molecule has 3 aromatic rings. The Labute approximate surface area is 187 Å². The highest BCUT2D eigenvalue weighted by Crippen LogP contribution is 2.17. The zero-order valence-electron chi connectivity index (χ0n) is 16.7. The molecule has 7 nitrogen and oxygen atoms in total. The van der Waals surface area contributed by atoms with Crippen LogP contribution in [0.25, 0.3) is 5.65 Å². The number of imidazole rings is 1. The number of ether oxygens (including phenoxy) is 1. The summed E-state index contributed by atoms with van der Waals surface area (Å²) >= 11 is 5.05. The number of aromatic nitrogens is 2. The van der Waals surface area contributed by atoms with E-state index in [4.69, 9.17) is 4.74 Å². The summed E-state index contributed by atoms with van der Waals surface area (Å²) in [6, 6.07) is 10.1. The first-order valence-corrected chi connectivity index (χ1v) is 11.5. The Hall–Kier alpha value is -2.52. The predicted octanol–water partition coefficient (Wildman–Crippen LogP) is 3.27. The summed E-state index contributed by atoms with van der Waals surface area (Å²) in [6.07, 6.45) is 6.25. The van der Waals surface area contributed by atoms with Crippen molar-refractivity contribution in [3.63, 3.8) is 0 Å². The third-order valence-corrected chi connectivity index (χ3v) is 5.61. The van der Waals surface area contributed by atoms with Crippen molar-refractivity contribution in [3.05, 3.63) is 64.5 Å². The lowest BCUT2D eigenvalue weighted by Crippen LogP contribution is -2.47. The Balaban J connectivity index is 1.67. The molecule has 0 aliphatic carbocycles. The van der Waals surface area contributed by atoms with Gasteiger partial charge in [0.05, 0.1) is 24.9 Å². The Bertz CT molecular complexity index is 1040. The summed E-state index contributed by atoms with van der Waals surface area (Å²) in [5, 5.41) is 5.72. The Morgan fingerprint density at radius 2 is 2.03 bits per heavy atom. The minimum atomic E-state index is -0.652. The van der Waals surface area contributed by atoms with Gasteiger partial charge in [-0.05, 0) is 58.6 Å². The average Bonchev–Trinajstić information content (AvgIpc) is 3.16. The third kappa shape index (κ3) is 5.54. The van der Waals surface area contributed by atoms with Crippen molar-refractivity contribution in [2.75, 3.05) is 19.1 Å². The number of benzene rings is 1. The van der Waals surface area contributed by atoms with Crippen molar-refractivity contribution >= 4 is 45.2 Å². The number of nitrogens with one attached hydrogen (secondary N) is 2. The zero-order valence-corrected chi connectivity index (χ0v) is 19.1. The smallest absolute Gasteiger partial charge is 0.255 e. The number of methoxy groups -OCH3 is 1. The van der Waals surface area contributed by atoms with Gasteiger partial charge in [0.25, 0.3) is 5.91 Å². The van der Waals surface area contributed by atoms with Gasteiger partial charge >= 0.3 is 0 Å². The van der Waals surface area contributed by atoms with Crippen molar-refractivity contribution in [3.8, 4) is 5.75 Å². The SMILES string of the molecule is COc1ccccc1C(=O)NC(CCSC)C(=O)NCc1cn2cc(Br)ccc2n1. The number of carbonyl (C=O) groups excluding carboxylic acids is 2. The van der Waals surface area contributed by atoms with Crippen molar-refractivity contribution in [2.45, 2.75) is 19.0 Å². The van der Waals surface area contributed by atoms with E-state index < -0.39 is 6.04 Å². The molecule has 0 aliphatic rings. The number of pyridine rings is 1. The number of hydrogen-bond donors (Lipinski definition) is 2. The number of rotatable bonds is 9. The van der Waals surface area contributed by atoms with Crippen molar-refractivity contribution in [1.29, 1.82) is 0 Å². The highest BCUT2D eigenvalue weighted by Gasteiger charge is 2.22. The summed E-state index contributed by atoms with van der Waals surface area (Å²) in [5.74, 6) is 0.624. The fraction of sp³-hybridized carbons (Fsp3) is 0.286. The number of thioether (sulfide) groups is 1. The number of hydrogen-bond acceptors (Lipinski definition) is 5. The van der Waals surface area contributed by atoms with Crippen molar-refractivity contribution < 1.29 is 14.3 Å². The minimum Gasteiger partial charge on any atom is -0.496 e. The number of fused-ring (bicyclic) bond motifs is 1. The van der Waals surface area contributed by atoms with Gasteiger partial charge in [-0.25, -0.2) is 4.98 Å². The second kappa shape index (κ2) is 10.5. The van der Waals surface area contributed by atoms with E-state index in [1.165, 1.54) is 7.11 Å². The van der Waals surface area contributed by atoms with Crippen molar-refractivity contribution in [1.82, 2.24) is 20.0 Å². The van der Waals surface area contributed by atoms with Crippen LogP contribution in [0.5, 0.6) is 5.75 Å². The zero-order chi connectivity index (χ0) is 21.5. The molecule has 3 rings (SSSR count). The molecule has 2 aromatic heterocycles. The highest BCUT2D eigenvalue weighted by atomic mass is 79.9. The van der Waals surface area contributed by atoms with Crippen molar-refractivity contribution in [2.24, 2.45) is 0 Å². The molecular formula is C21H23BrN4O3S. The van der Waals surface area contributed by atoms with Gasteiger partial charge < -0.3 is 19.8 Å². The van der Waals surface area contributed by atoms with Crippen LogP contribution >= 0.6 is 27.7 Å². The Morgan fingerprint density at radius 3 is 2.80 bits per heavy atom. The highest BCUT2D eigenvalue weighted by molar-refractivity contribution is 9.10. The molecule has 9 heteroatoms. The van der Waals surface area contributed by atoms with E-state index >= 15 is 0 Å². The first kappa shape index (κ1) is 22.2. The maximum absolute atomic E-state index is 12.8. The average molecular weight is 491 g/mol. The van der Waals surface area contributed by atoms with Gasteiger partial charge in [-0.3, -0.25) is 9.59 Å².